The lowest BCUT2D eigenvalue weighted by molar-refractivity contribution is 0.0903. The molecule has 1 aliphatic carbocycles. The Labute approximate surface area is 134 Å². The number of ether oxygens (including phenoxy) is 1. The molecule has 0 spiro atoms. The predicted molar refractivity (Wildman–Crippen MR) is 90.0 cm³/mol. The summed E-state index contributed by atoms with van der Waals surface area (Å²) in [5, 5.41) is 10.9. The van der Waals surface area contributed by atoms with Crippen LogP contribution < -0.4 is 5.32 Å². The molecule has 0 radical (unpaired) electrons. The largest absolute Gasteiger partial charge is 0.381 e. The zero-order valence-electron chi connectivity index (χ0n) is 14.4. The minimum atomic E-state index is 0.596. The molecule has 2 N–H and O–H groups in total. The van der Waals surface area contributed by atoms with Crippen molar-refractivity contribution in [2.45, 2.75) is 45.1 Å². The molecular formula is C17H32N4O. The standard InChI is InChI=1S/C17H32N4O/c1-4-22-13-14-6-5-7-15(10-14)17-16(11-19-20-17)12-21(3)9-8-18-2/h11,14-15,18H,4-10,12-13H2,1-3H3,(H,19,20)/t14-,15?/m1/s1. The van der Waals surface area contributed by atoms with Gasteiger partial charge in [-0.3, -0.25) is 5.10 Å². The minimum absolute atomic E-state index is 0.596. The van der Waals surface area contributed by atoms with E-state index in [0.29, 0.717) is 11.8 Å². The van der Waals surface area contributed by atoms with E-state index in [0.717, 1.165) is 32.8 Å². The van der Waals surface area contributed by atoms with E-state index in [4.69, 9.17) is 4.74 Å². The van der Waals surface area contributed by atoms with Crippen LogP contribution in [0, 0.1) is 5.92 Å². The van der Waals surface area contributed by atoms with Gasteiger partial charge >= 0.3 is 0 Å². The molecule has 1 unspecified atom stereocenters. The third-order valence-corrected chi connectivity index (χ3v) is 4.66. The third-order valence-electron chi connectivity index (χ3n) is 4.66. The van der Waals surface area contributed by atoms with Crippen molar-refractivity contribution in [1.29, 1.82) is 0 Å². The Morgan fingerprint density at radius 2 is 2.32 bits per heavy atom. The van der Waals surface area contributed by atoms with Gasteiger partial charge in [-0.15, -0.1) is 0 Å². The van der Waals surface area contributed by atoms with Crippen LogP contribution in [0.4, 0.5) is 0 Å². The van der Waals surface area contributed by atoms with Gasteiger partial charge in [0, 0.05) is 50.5 Å². The summed E-state index contributed by atoms with van der Waals surface area (Å²) in [6.07, 6.45) is 7.17. The van der Waals surface area contributed by atoms with Gasteiger partial charge in [0.1, 0.15) is 0 Å². The average molecular weight is 308 g/mol. The summed E-state index contributed by atoms with van der Waals surface area (Å²) < 4.78 is 5.63. The van der Waals surface area contributed by atoms with E-state index in [1.54, 1.807) is 0 Å². The molecule has 5 heteroatoms. The number of hydrogen-bond acceptors (Lipinski definition) is 4. The highest BCUT2D eigenvalue weighted by Gasteiger charge is 2.26. The van der Waals surface area contributed by atoms with Crippen LogP contribution in [0.15, 0.2) is 6.20 Å². The Bertz CT molecular complexity index is 421. The van der Waals surface area contributed by atoms with Gasteiger partial charge in [0.2, 0.25) is 0 Å². The van der Waals surface area contributed by atoms with Crippen LogP contribution in [0.2, 0.25) is 0 Å². The lowest BCUT2D eigenvalue weighted by Gasteiger charge is -2.29. The van der Waals surface area contributed by atoms with E-state index in [1.165, 1.54) is 36.9 Å². The van der Waals surface area contributed by atoms with Crippen molar-refractivity contribution in [3.63, 3.8) is 0 Å². The molecule has 1 saturated carbocycles. The molecule has 1 aromatic heterocycles. The zero-order chi connectivity index (χ0) is 15.8. The highest BCUT2D eigenvalue weighted by Crippen LogP contribution is 2.36. The monoisotopic (exact) mass is 308 g/mol. The SMILES string of the molecule is CCOC[C@@H]1CCCC(c2n[nH]cc2CN(C)CCNC)C1. The summed E-state index contributed by atoms with van der Waals surface area (Å²) in [7, 11) is 4.17. The second-order valence-electron chi connectivity index (χ2n) is 6.53. The number of nitrogens with one attached hydrogen (secondary N) is 2. The number of rotatable bonds is 9. The quantitative estimate of drug-likeness (QED) is 0.735. The number of nitrogens with zero attached hydrogens (tertiary/aromatic N) is 2. The van der Waals surface area contributed by atoms with Crippen molar-refractivity contribution in [3.8, 4) is 0 Å². The van der Waals surface area contributed by atoms with E-state index in [2.05, 4.69) is 40.6 Å². The molecule has 1 aromatic rings. The molecule has 0 aromatic carbocycles. The van der Waals surface area contributed by atoms with Gasteiger partial charge in [-0.25, -0.2) is 0 Å². The lowest BCUT2D eigenvalue weighted by Crippen LogP contribution is -2.27. The molecule has 0 aliphatic heterocycles. The molecule has 126 valence electrons. The highest BCUT2D eigenvalue weighted by molar-refractivity contribution is 5.21. The van der Waals surface area contributed by atoms with Crippen molar-refractivity contribution >= 4 is 0 Å². The first-order chi connectivity index (χ1) is 10.7. The second kappa shape index (κ2) is 9.28. The number of aromatic amines is 1. The normalized spacial score (nSPS) is 22.4. The molecule has 1 aliphatic rings. The minimum Gasteiger partial charge on any atom is -0.381 e. The van der Waals surface area contributed by atoms with Gasteiger partial charge in [0.15, 0.2) is 0 Å². The number of aromatic nitrogens is 2. The third kappa shape index (κ3) is 5.07. The first-order valence-corrected chi connectivity index (χ1v) is 8.68. The van der Waals surface area contributed by atoms with Crippen LogP contribution in [0.5, 0.6) is 0 Å². The first-order valence-electron chi connectivity index (χ1n) is 8.68. The van der Waals surface area contributed by atoms with Gasteiger partial charge in [0.25, 0.3) is 0 Å². The van der Waals surface area contributed by atoms with Crippen molar-refractivity contribution in [3.05, 3.63) is 17.5 Å². The lowest BCUT2D eigenvalue weighted by atomic mass is 9.79. The number of H-pyrrole nitrogens is 1. The summed E-state index contributed by atoms with van der Waals surface area (Å²) >= 11 is 0. The fourth-order valence-electron chi connectivity index (χ4n) is 3.45. The Balaban J connectivity index is 1.92. The molecule has 1 heterocycles. The Kier molecular flexibility index (Phi) is 7.36. The van der Waals surface area contributed by atoms with Crippen molar-refractivity contribution in [2.75, 3.05) is 40.4 Å². The Morgan fingerprint density at radius 1 is 1.45 bits per heavy atom. The van der Waals surface area contributed by atoms with Crippen molar-refractivity contribution in [1.82, 2.24) is 20.4 Å². The summed E-state index contributed by atoms with van der Waals surface area (Å²) in [6, 6.07) is 0. The molecule has 2 atom stereocenters. The van der Waals surface area contributed by atoms with Crippen LogP contribution in [0.25, 0.3) is 0 Å². The maximum Gasteiger partial charge on any atom is 0.0698 e. The average Bonchev–Trinajstić information content (AvgIpc) is 2.99. The van der Waals surface area contributed by atoms with Gasteiger partial charge < -0.3 is 15.0 Å². The summed E-state index contributed by atoms with van der Waals surface area (Å²) in [4.78, 5) is 2.35. The molecule has 0 amide bonds. The second-order valence-corrected chi connectivity index (χ2v) is 6.53. The van der Waals surface area contributed by atoms with Gasteiger partial charge in [0.05, 0.1) is 5.69 Å². The van der Waals surface area contributed by atoms with Crippen molar-refractivity contribution < 1.29 is 4.74 Å². The topological polar surface area (TPSA) is 53.2 Å². The van der Waals surface area contributed by atoms with Gasteiger partial charge in [-0.1, -0.05) is 6.42 Å². The van der Waals surface area contributed by atoms with Gasteiger partial charge in [-0.2, -0.15) is 5.10 Å². The fourth-order valence-corrected chi connectivity index (χ4v) is 3.45. The van der Waals surface area contributed by atoms with E-state index < -0.39 is 0 Å². The molecular weight excluding hydrogens is 276 g/mol. The van der Waals surface area contributed by atoms with Crippen LogP contribution in [0.1, 0.15) is 49.8 Å². The van der Waals surface area contributed by atoms with E-state index in [9.17, 15) is 0 Å². The predicted octanol–water partition coefficient (Wildman–Crippen LogP) is 2.37. The molecule has 22 heavy (non-hydrogen) atoms. The zero-order valence-corrected chi connectivity index (χ0v) is 14.4. The van der Waals surface area contributed by atoms with Crippen LogP contribution >= 0.6 is 0 Å². The van der Waals surface area contributed by atoms with E-state index in [1.807, 2.05) is 7.05 Å². The smallest absolute Gasteiger partial charge is 0.0698 e. The Morgan fingerprint density at radius 3 is 3.09 bits per heavy atom. The van der Waals surface area contributed by atoms with Crippen LogP contribution in [-0.4, -0.2) is 55.5 Å². The van der Waals surface area contributed by atoms with Crippen molar-refractivity contribution in [2.24, 2.45) is 5.92 Å². The molecule has 0 bridgehead atoms. The summed E-state index contributed by atoms with van der Waals surface area (Å²) in [5.41, 5.74) is 2.65. The molecule has 5 nitrogen and oxygen atoms in total. The summed E-state index contributed by atoms with van der Waals surface area (Å²) in [5.74, 6) is 1.29. The molecule has 2 rings (SSSR count). The number of likely N-dealkylation sites (N-methyl/N-ethyl adjacent to an activating group) is 2. The molecule has 0 saturated heterocycles. The van der Waals surface area contributed by atoms with Crippen LogP contribution in [0.3, 0.4) is 0 Å². The summed E-state index contributed by atoms with van der Waals surface area (Å²) in [6.45, 7) is 6.86. The van der Waals surface area contributed by atoms with E-state index >= 15 is 0 Å². The van der Waals surface area contributed by atoms with Crippen LogP contribution in [-0.2, 0) is 11.3 Å². The maximum absolute atomic E-state index is 5.63. The Hall–Kier alpha value is -0.910. The van der Waals surface area contributed by atoms with Gasteiger partial charge in [-0.05, 0) is 46.2 Å². The molecule has 1 fully saturated rings. The number of hydrogen-bond donors (Lipinski definition) is 2. The highest BCUT2D eigenvalue weighted by atomic mass is 16.5. The van der Waals surface area contributed by atoms with E-state index in [-0.39, 0.29) is 0 Å². The fraction of sp³-hybridized carbons (Fsp3) is 0.824. The first kappa shape index (κ1) is 17.4. The maximum atomic E-state index is 5.63.